The number of rotatable bonds is 1. The number of hydrazine groups is 1. The van der Waals surface area contributed by atoms with Gasteiger partial charge in [-0.2, -0.15) is 0 Å². The van der Waals surface area contributed by atoms with Crippen molar-refractivity contribution >= 4 is 29.1 Å². The van der Waals surface area contributed by atoms with Crippen LogP contribution >= 0.6 is 12.4 Å². The number of nitrogens with one attached hydrogen (secondary N) is 2. The van der Waals surface area contributed by atoms with Crippen LogP contribution in [0.3, 0.4) is 0 Å². The molecule has 5 heteroatoms. The lowest BCUT2D eigenvalue weighted by Gasteiger charge is -1.98. The zero-order chi connectivity index (χ0) is 7.68. The summed E-state index contributed by atoms with van der Waals surface area (Å²) in [7, 11) is 0. The molecule has 0 spiro atoms. The molecule has 0 saturated heterocycles. The van der Waals surface area contributed by atoms with Crippen LogP contribution in [0.1, 0.15) is 0 Å². The maximum Gasteiger partial charge on any atom is 0.113 e. The minimum Gasteiger partial charge on any atom is -0.345 e. The maximum atomic E-state index is 5.27. The van der Waals surface area contributed by atoms with E-state index < -0.39 is 0 Å². The highest BCUT2D eigenvalue weighted by atomic mass is 35.5. The molecule has 2 rings (SSSR count). The quantitative estimate of drug-likeness (QED) is 0.462. The molecular formula is C7H9ClN4. The van der Waals surface area contributed by atoms with Gasteiger partial charge in [-0.05, 0) is 12.1 Å². The smallest absolute Gasteiger partial charge is 0.113 e. The average Bonchev–Trinajstić information content (AvgIpc) is 2.50. The van der Waals surface area contributed by atoms with Crippen LogP contribution in [0, 0.1) is 0 Å². The zero-order valence-electron chi connectivity index (χ0n) is 6.24. The van der Waals surface area contributed by atoms with Gasteiger partial charge in [-0.1, -0.05) is 6.07 Å². The number of anilines is 1. The predicted molar refractivity (Wildman–Crippen MR) is 51.2 cm³/mol. The van der Waals surface area contributed by atoms with Crippen molar-refractivity contribution in [2.45, 2.75) is 0 Å². The molecule has 0 unspecified atom stereocenters. The fraction of sp³-hybridized carbons (Fsp3) is 0. The number of hydrogen-bond acceptors (Lipinski definition) is 3. The second-order valence-corrected chi connectivity index (χ2v) is 2.25. The molecule has 1 aromatic heterocycles. The van der Waals surface area contributed by atoms with E-state index in [-0.39, 0.29) is 12.4 Å². The lowest BCUT2D eigenvalue weighted by Crippen LogP contribution is -2.06. The number of nitrogens with zero attached hydrogens (tertiary/aromatic N) is 1. The first-order valence-corrected chi connectivity index (χ1v) is 3.30. The molecule has 0 amide bonds. The van der Waals surface area contributed by atoms with Gasteiger partial charge in [0.2, 0.25) is 0 Å². The SMILES string of the molecule is Cl.NNc1cccc2[nH]cnc12. The molecule has 0 aliphatic heterocycles. The van der Waals surface area contributed by atoms with Gasteiger partial charge in [0.05, 0.1) is 17.5 Å². The first-order valence-electron chi connectivity index (χ1n) is 3.30. The summed E-state index contributed by atoms with van der Waals surface area (Å²) in [6.45, 7) is 0. The molecular weight excluding hydrogens is 176 g/mol. The largest absolute Gasteiger partial charge is 0.345 e. The Labute approximate surface area is 75.6 Å². The molecule has 2 aromatic rings. The Balaban J connectivity index is 0.000000720. The summed E-state index contributed by atoms with van der Waals surface area (Å²) in [5.41, 5.74) is 5.27. The Morgan fingerprint density at radius 1 is 1.42 bits per heavy atom. The zero-order valence-corrected chi connectivity index (χ0v) is 7.06. The van der Waals surface area contributed by atoms with Crippen molar-refractivity contribution in [3.8, 4) is 0 Å². The number of para-hydroxylation sites is 1. The fourth-order valence-electron chi connectivity index (χ4n) is 1.08. The van der Waals surface area contributed by atoms with Crippen molar-refractivity contribution in [2.24, 2.45) is 5.84 Å². The van der Waals surface area contributed by atoms with E-state index in [0.29, 0.717) is 0 Å². The van der Waals surface area contributed by atoms with E-state index in [1.165, 1.54) is 0 Å². The van der Waals surface area contributed by atoms with Crippen LogP contribution in [0.15, 0.2) is 24.5 Å². The van der Waals surface area contributed by atoms with E-state index in [0.717, 1.165) is 16.7 Å². The summed E-state index contributed by atoms with van der Waals surface area (Å²) in [6.07, 6.45) is 1.64. The highest BCUT2D eigenvalue weighted by Crippen LogP contribution is 2.17. The number of nitrogen functional groups attached to an aromatic ring is 1. The third-order valence-corrected chi connectivity index (χ3v) is 1.61. The Kier molecular flexibility index (Phi) is 2.52. The topological polar surface area (TPSA) is 66.7 Å². The summed E-state index contributed by atoms with van der Waals surface area (Å²) in [4.78, 5) is 7.08. The average molecular weight is 185 g/mol. The third-order valence-electron chi connectivity index (χ3n) is 1.61. The summed E-state index contributed by atoms with van der Waals surface area (Å²) in [5, 5.41) is 0. The van der Waals surface area contributed by atoms with Gasteiger partial charge in [0.1, 0.15) is 5.52 Å². The predicted octanol–water partition coefficient (Wildman–Crippen LogP) is 1.27. The summed E-state index contributed by atoms with van der Waals surface area (Å²) >= 11 is 0. The number of benzene rings is 1. The molecule has 0 fully saturated rings. The summed E-state index contributed by atoms with van der Waals surface area (Å²) < 4.78 is 0. The Morgan fingerprint density at radius 3 is 3.00 bits per heavy atom. The van der Waals surface area contributed by atoms with E-state index in [2.05, 4.69) is 15.4 Å². The summed E-state index contributed by atoms with van der Waals surface area (Å²) in [5.74, 6) is 5.27. The van der Waals surface area contributed by atoms with Gasteiger partial charge in [0.15, 0.2) is 0 Å². The van der Waals surface area contributed by atoms with Crippen LogP contribution < -0.4 is 11.3 Å². The Bertz CT molecular complexity index is 370. The molecule has 1 heterocycles. The van der Waals surface area contributed by atoms with Gasteiger partial charge >= 0.3 is 0 Å². The Hall–Kier alpha value is -1.26. The molecule has 0 radical (unpaired) electrons. The molecule has 64 valence electrons. The minimum absolute atomic E-state index is 0. The molecule has 0 atom stereocenters. The van der Waals surface area contributed by atoms with E-state index >= 15 is 0 Å². The van der Waals surface area contributed by atoms with Crippen molar-refractivity contribution in [3.63, 3.8) is 0 Å². The number of aromatic nitrogens is 2. The lowest BCUT2D eigenvalue weighted by molar-refractivity contribution is 1.33. The van der Waals surface area contributed by atoms with E-state index in [9.17, 15) is 0 Å². The molecule has 1 aromatic carbocycles. The molecule has 0 aliphatic carbocycles. The normalized spacial score (nSPS) is 9.42. The van der Waals surface area contributed by atoms with Crippen molar-refractivity contribution in [2.75, 3.05) is 5.43 Å². The number of fused-ring (bicyclic) bond motifs is 1. The fourth-order valence-corrected chi connectivity index (χ4v) is 1.08. The van der Waals surface area contributed by atoms with Crippen LogP contribution in [0.5, 0.6) is 0 Å². The van der Waals surface area contributed by atoms with Gasteiger partial charge in [-0.3, -0.25) is 5.84 Å². The number of hydrogen-bond donors (Lipinski definition) is 3. The molecule has 4 nitrogen and oxygen atoms in total. The van der Waals surface area contributed by atoms with Crippen LogP contribution in [0.25, 0.3) is 11.0 Å². The summed E-state index contributed by atoms with van der Waals surface area (Å²) in [6, 6.07) is 5.74. The second kappa shape index (κ2) is 3.42. The van der Waals surface area contributed by atoms with Gasteiger partial charge in [-0.15, -0.1) is 12.4 Å². The highest BCUT2D eigenvalue weighted by Gasteiger charge is 1.98. The van der Waals surface area contributed by atoms with Gasteiger partial charge in [0, 0.05) is 0 Å². The maximum absolute atomic E-state index is 5.27. The van der Waals surface area contributed by atoms with Gasteiger partial charge in [-0.25, -0.2) is 4.98 Å². The van der Waals surface area contributed by atoms with Crippen molar-refractivity contribution in [1.29, 1.82) is 0 Å². The molecule has 0 saturated carbocycles. The van der Waals surface area contributed by atoms with Gasteiger partial charge in [0.25, 0.3) is 0 Å². The van der Waals surface area contributed by atoms with Crippen molar-refractivity contribution in [3.05, 3.63) is 24.5 Å². The lowest BCUT2D eigenvalue weighted by atomic mass is 10.3. The number of nitrogens with two attached hydrogens (primary N) is 1. The number of imidazole rings is 1. The van der Waals surface area contributed by atoms with Crippen LogP contribution in [-0.4, -0.2) is 9.97 Å². The first kappa shape index (κ1) is 8.83. The van der Waals surface area contributed by atoms with Crippen LogP contribution in [0.2, 0.25) is 0 Å². The number of H-pyrrole nitrogens is 1. The first-order chi connectivity index (χ1) is 5.42. The number of halogens is 1. The van der Waals surface area contributed by atoms with Crippen molar-refractivity contribution in [1.82, 2.24) is 9.97 Å². The Morgan fingerprint density at radius 2 is 2.25 bits per heavy atom. The molecule has 0 bridgehead atoms. The molecule has 12 heavy (non-hydrogen) atoms. The monoisotopic (exact) mass is 184 g/mol. The van der Waals surface area contributed by atoms with E-state index in [4.69, 9.17) is 5.84 Å². The number of aromatic amines is 1. The second-order valence-electron chi connectivity index (χ2n) is 2.25. The third kappa shape index (κ3) is 1.22. The van der Waals surface area contributed by atoms with Crippen molar-refractivity contribution < 1.29 is 0 Å². The van der Waals surface area contributed by atoms with E-state index in [1.807, 2.05) is 18.2 Å². The van der Waals surface area contributed by atoms with Gasteiger partial charge < -0.3 is 10.4 Å². The minimum atomic E-state index is 0. The highest BCUT2D eigenvalue weighted by molar-refractivity contribution is 5.87. The molecule has 4 N–H and O–H groups in total. The van der Waals surface area contributed by atoms with Crippen LogP contribution in [0.4, 0.5) is 5.69 Å². The standard InChI is InChI=1S/C7H8N4.ClH/c8-11-6-3-1-2-5-7(6)10-4-9-5;/h1-4,11H,8H2,(H,9,10);1H. The van der Waals surface area contributed by atoms with E-state index in [1.54, 1.807) is 6.33 Å². The molecule has 0 aliphatic rings. The van der Waals surface area contributed by atoms with Crippen LogP contribution in [-0.2, 0) is 0 Å².